The number of hydrogen-bond donors (Lipinski definition) is 1. The van der Waals surface area contributed by atoms with Gasteiger partial charge in [0.15, 0.2) is 5.69 Å². The van der Waals surface area contributed by atoms with Crippen molar-refractivity contribution in [1.29, 1.82) is 0 Å². The highest BCUT2D eigenvalue weighted by Crippen LogP contribution is 2.28. The maximum atomic E-state index is 11.6. The van der Waals surface area contributed by atoms with E-state index in [1.807, 2.05) is 19.1 Å². The fraction of sp³-hybridized carbons (Fsp3) is 0.214. The van der Waals surface area contributed by atoms with E-state index in [0.29, 0.717) is 12.2 Å². The van der Waals surface area contributed by atoms with Gasteiger partial charge in [0.05, 0.1) is 17.8 Å². The van der Waals surface area contributed by atoms with Crippen molar-refractivity contribution in [2.24, 2.45) is 0 Å². The van der Waals surface area contributed by atoms with Crippen molar-refractivity contribution in [1.82, 2.24) is 9.97 Å². The van der Waals surface area contributed by atoms with Crippen LogP contribution < -0.4 is 5.32 Å². The Morgan fingerprint density at radius 2 is 2.14 bits per heavy atom. The van der Waals surface area contributed by atoms with Crippen LogP contribution in [0.3, 0.4) is 0 Å². The Bertz CT molecular complexity index is 660. The van der Waals surface area contributed by atoms with Gasteiger partial charge in [0, 0.05) is 24.5 Å². The van der Waals surface area contributed by atoms with Gasteiger partial charge in [-0.2, -0.15) is 0 Å². The Morgan fingerprint density at radius 3 is 2.76 bits per heavy atom. The maximum Gasteiger partial charge on any atom is 0.358 e. The molecule has 21 heavy (non-hydrogen) atoms. The highest BCUT2D eigenvalue weighted by molar-refractivity contribution is 6.37. The van der Waals surface area contributed by atoms with Gasteiger partial charge in [-0.25, -0.2) is 9.78 Å². The van der Waals surface area contributed by atoms with E-state index in [9.17, 15) is 4.79 Å². The lowest BCUT2D eigenvalue weighted by Crippen LogP contribution is -2.08. The normalized spacial score (nSPS) is 10.3. The molecule has 5 nitrogen and oxygen atoms in total. The third kappa shape index (κ3) is 3.83. The number of nitrogens with one attached hydrogen (secondary N) is 1. The second-order valence-corrected chi connectivity index (χ2v) is 5.07. The van der Waals surface area contributed by atoms with Crippen LogP contribution in [0.5, 0.6) is 0 Å². The van der Waals surface area contributed by atoms with Crippen LogP contribution in [0.2, 0.25) is 10.2 Å². The summed E-state index contributed by atoms with van der Waals surface area (Å²) in [5, 5.41) is 3.43. The molecule has 0 saturated heterocycles. The van der Waals surface area contributed by atoms with Gasteiger partial charge in [0.2, 0.25) is 0 Å². The molecular formula is C14H13Cl2N3O2. The molecule has 0 aliphatic carbocycles. The van der Waals surface area contributed by atoms with Gasteiger partial charge in [-0.05, 0) is 18.6 Å². The highest BCUT2D eigenvalue weighted by Gasteiger charge is 2.17. The van der Waals surface area contributed by atoms with E-state index in [2.05, 4.69) is 20.0 Å². The van der Waals surface area contributed by atoms with Gasteiger partial charge in [-0.3, -0.25) is 4.98 Å². The summed E-state index contributed by atoms with van der Waals surface area (Å²) < 4.78 is 4.62. The average molecular weight is 326 g/mol. The molecule has 2 aromatic heterocycles. The summed E-state index contributed by atoms with van der Waals surface area (Å²) in [7, 11) is 1.26. The SMILES string of the molecule is COC(=O)c1nc(Cl)cc(NCc2ccc(C)nc2)c1Cl. The zero-order valence-electron chi connectivity index (χ0n) is 11.5. The van der Waals surface area contributed by atoms with E-state index in [1.165, 1.54) is 7.11 Å². The van der Waals surface area contributed by atoms with Gasteiger partial charge >= 0.3 is 5.97 Å². The van der Waals surface area contributed by atoms with E-state index >= 15 is 0 Å². The largest absolute Gasteiger partial charge is 0.464 e. The summed E-state index contributed by atoms with van der Waals surface area (Å²) in [6, 6.07) is 5.42. The minimum Gasteiger partial charge on any atom is -0.464 e. The summed E-state index contributed by atoms with van der Waals surface area (Å²) in [5.41, 5.74) is 2.41. The van der Waals surface area contributed by atoms with Crippen molar-refractivity contribution in [2.45, 2.75) is 13.5 Å². The molecule has 0 spiro atoms. The van der Waals surface area contributed by atoms with Crippen LogP contribution in [-0.2, 0) is 11.3 Å². The van der Waals surface area contributed by atoms with Gasteiger partial charge < -0.3 is 10.1 Å². The van der Waals surface area contributed by atoms with Crippen LogP contribution in [0.1, 0.15) is 21.7 Å². The number of pyridine rings is 2. The molecular weight excluding hydrogens is 313 g/mol. The number of nitrogens with zero attached hydrogens (tertiary/aromatic N) is 2. The molecule has 2 rings (SSSR count). The summed E-state index contributed by atoms with van der Waals surface area (Å²) in [4.78, 5) is 19.7. The Kier molecular flexibility index (Phi) is 4.98. The minimum absolute atomic E-state index is 0.0174. The summed E-state index contributed by atoms with van der Waals surface area (Å²) >= 11 is 12.0. The molecule has 0 atom stereocenters. The number of esters is 1. The Balaban J connectivity index is 2.21. The number of anilines is 1. The third-order valence-corrected chi connectivity index (χ3v) is 3.34. The molecule has 0 amide bonds. The molecule has 0 radical (unpaired) electrons. The molecule has 0 unspecified atom stereocenters. The molecule has 2 heterocycles. The number of ether oxygens (including phenoxy) is 1. The molecule has 2 aromatic rings. The van der Waals surface area contributed by atoms with Gasteiger partial charge in [-0.1, -0.05) is 29.3 Å². The smallest absolute Gasteiger partial charge is 0.358 e. The number of methoxy groups -OCH3 is 1. The minimum atomic E-state index is -0.637. The van der Waals surface area contributed by atoms with Gasteiger partial charge in [0.1, 0.15) is 5.15 Å². The zero-order chi connectivity index (χ0) is 15.4. The molecule has 110 valence electrons. The number of aryl methyl sites for hydroxylation is 1. The topological polar surface area (TPSA) is 64.1 Å². The van der Waals surface area contributed by atoms with Crippen molar-refractivity contribution < 1.29 is 9.53 Å². The Hall–Kier alpha value is -1.85. The van der Waals surface area contributed by atoms with E-state index < -0.39 is 5.97 Å². The van der Waals surface area contributed by atoms with Crippen molar-refractivity contribution in [3.8, 4) is 0 Å². The highest BCUT2D eigenvalue weighted by atomic mass is 35.5. The first-order valence-electron chi connectivity index (χ1n) is 6.11. The molecule has 0 aromatic carbocycles. The predicted molar refractivity (Wildman–Crippen MR) is 81.9 cm³/mol. The summed E-state index contributed by atoms with van der Waals surface area (Å²) in [6.45, 7) is 2.41. The molecule has 1 N–H and O–H groups in total. The number of hydrogen-bond acceptors (Lipinski definition) is 5. The van der Waals surface area contributed by atoms with E-state index in [0.717, 1.165) is 11.3 Å². The lowest BCUT2D eigenvalue weighted by molar-refractivity contribution is 0.0594. The maximum absolute atomic E-state index is 11.6. The van der Waals surface area contributed by atoms with E-state index in [1.54, 1.807) is 12.3 Å². The number of rotatable bonds is 4. The van der Waals surface area contributed by atoms with Crippen LogP contribution >= 0.6 is 23.2 Å². The van der Waals surface area contributed by atoms with Crippen LogP contribution in [-0.4, -0.2) is 23.0 Å². The Labute approximate surface area is 132 Å². The second-order valence-electron chi connectivity index (χ2n) is 4.31. The zero-order valence-corrected chi connectivity index (χ0v) is 13.0. The summed E-state index contributed by atoms with van der Waals surface area (Å²) in [6.07, 6.45) is 1.76. The number of carbonyl (C=O) groups excluding carboxylic acids is 1. The van der Waals surface area contributed by atoms with Crippen molar-refractivity contribution in [3.63, 3.8) is 0 Å². The van der Waals surface area contributed by atoms with E-state index in [4.69, 9.17) is 23.2 Å². The number of aromatic nitrogens is 2. The predicted octanol–water partition coefficient (Wildman–Crippen LogP) is 3.49. The second kappa shape index (κ2) is 6.74. The molecule has 0 bridgehead atoms. The lowest BCUT2D eigenvalue weighted by Gasteiger charge is -2.11. The van der Waals surface area contributed by atoms with E-state index in [-0.39, 0.29) is 15.9 Å². The van der Waals surface area contributed by atoms with Crippen LogP contribution in [0.15, 0.2) is 24.4 Å². The van der Waals surface area contributed by atoms with Crippen LogP contribution in [0, 0.1) is 6.92 Å². The fourth-order valence-corrected chi connectivity index (χ4v) is 2.09. The molecule has 0 fully saturated rings. The molecule has 0 aliphatic heterocycles. The standard InChI is InChI=1S/C14H13Cl2N3O2/c1-8-3-4-9(6-17-8)7-18-10-5-11(15)19-13(12(10)16)14(20)21-2/h3-6H,7H2,1-2H3,(H,18,19). The first kappa shape index (κ1) is 15.5. The van der Waals surface area contributed by atoms with Crippen LogP contribution in [0.25, 0.3) is 0 Å². The monoisotopic (exact) mass is 325 g/mol. The van der Waals surface area contributed by atoms with Gasteiger partial charge in [0.25, 0.3) is 0 Å². The van der Waals surface area contributed by atoms with Gasteiger partial charge in [-0.15, -0.1) is 0 Å². The Morgan fingerprint density at radius 1 is 1.38 bits per heavy atom. The quantitative estimate of drug-likeness (QED) is 0.688. The fourth-order valence-electron chi connectivity index (χ4n) is 1.66. The average Bonchev–Trinajstić information content (AvgIpc) is 2.48. The third-order valence-electron chi connectivity index (χ3n) is 2.76. The van der Waals surface area contributed by atoms with Crippen molar-refractivity contribution >= 4 is 34.9 Å². The molecule has 0 aliphatic rings. The lowest BCUT2D eigenvalue weighted by atomic mass is 10.2. The van der Waals surface area contributed by atoms with Crippen LogP contribution in [0.4, 0.5) is 5.69 Å². The van der Waals surface area contributed by atoms with Crippen molar-refractivity contribution in [3.05, 3.63) is 51.5 Å². The number of halogens is 2. The first-order chi connectivity index (χ1) is 10.0. The molecule has 0 saturated carbocycles. The molecule has 7 heteroatoms. The summed E-state index contributed by atoms with van der Waals surface area (Å²) in [5.74, 6) is -0.637. The number of carbonyl (C=O) groups is 1. The first-order valence-corrected chi connectivity index (χ1v) is 6.86. The van der Waals surface area contributed by atoms with Crippen molar-refractivity contribution in [2.75, 3.05) is 12.4 Å².